The van der Waals surface area contributed by atoms with Gasteiger partial charge in [-0.2, -0.15) is 0 Å². The van der Waals surface area contributed by atoms with E-state index in [1.807, 2.05) is 30.3 Å². The number of hydrogen-bond acceptors (Lipinski definition) is 5. The van der Waals surface area contributed by atoms with Gasteiger partial charge in [-0.1, -0.05) is 41.9 Å². The summed E-state index contributed by atoms with van der Waals surface area (Å²) in [5, 5.41) is 13.6. The lowest BCUT2D eigenvalue weighted by Gasteiger charge is -2.17. The minimum absolute atomic E-state index is 0.00629. The molecule has 0 saturated carbocycles. The van der Waals surface area contributed by atoms with Crippen LogP contribution in [0.3, 0.4) is 0 Å². The number of hydrogen-bond donors (Lipinski definition) is 2. The second-order valence-electron chi connectivity index (χ2n) is 6.55. The molecule has 0 saturated heterocycles. The van der Waals surface area contributed by atoms with Crippen LogP contribution in [0.15, 0.2) is 59.4 Å². The van der Waals surface area contributed by atoms with E-state index in [0.717, 1.165) is 5.56 Å². The number of amides is 1. The SMILES string of the molecule is CC(=O)CNC(=O)c1c(O)n(-c2ccc(Cl)cc2)c(=S)n(Cc2ccccc2)c1=O. The zero-order chi connectivity index (χ0) is 21.8. The van der Waals surface area contributed by atoms with Gasteiger partial charge < -0.3 is 10.4 Å². The van der Waals surface area contributed by atoms with Crippen molar-refractivity contribution in [2.45, 2.75) is 13.5 Å². The lowest BCUT2D eigenvalue weighted by molar-refractivity contribution is -0.116. The minimum atomic E-state index is -0.868. The molecule has 0 aliphatic heterocycles. The van der Waals surface area contributed by atoms with Crippen molar-refractivity contribution < 1.29 is 14.7 Å². The normalized spacial score (nSPS) is 10.6. The molecule has 154 valence electrons. The van der Waals surface area contributed by atoms with Crippen LogP contribution in [0.25, 0.3) is 5.69 Å². The predicted molar refractivity (Wildman–Crippen MR) is 116 cm³/mol. The number of rotatable bonds is 6. The highest BCUT2D eigenvalue weighted by Crippen LogP contribution is 2.22. The third-order valence-corrected chi connectivity index (χ3v) is 4.96. The minimum Gasteiger partial charge on any atom is -0.493 e. The summed E-state index contributed by atoms with van der Waals surface area (Å²) >= 11 is 11.4. The summed E-state index contributed by atoms with van der Waals surface area (Å²) in [6, 6.07) is 15.5. The molecule has 7 nitrogen and oxygen atoms in total. The molecular formula is C21H18ClN3O4S. The molecule has 2 N–H and O–H groups in total. The molecule has 3 aromatic rings. The zero-order valence-electron chi connectivity index (χ0n) is 16.0. The molecule has 0 atom stereocenters. The van der Waals surface area contributed by atoms with Gasteiger partial charge in [-0.3, -0.25) is 23.5 Å². The van der Waals surface area contributed by atoms with Gasteiger partial charge in [-0.25, -0.2) is 0 Å². The van der Waals surface area contributed by atoms with Crippen LogP contribution in [0.4, 0.5) is 0 Å². The maximum atomic E-state index is 13.1. The highest BCUT2D eigenvalue weighted by Gasteiger charge is 2.24. The van der Waals surface area contributed by atoms with Crippen LogP contribution in [-0.2, 0) is 11.3 Å². The van der Waals surface area contributed by atoms with Crippen molar-refractivity contribution in [3.8, 4) is 11.6 Å². The third kappa shape index (κ3) is 4.50. The van der Waals surface area contributed by atoms with Crippen LogP contribution >= 0.6 is 23.8 Å². The zero-order valence-corrected chi connectivity index (χ0v) is 17.5. The Balaban J connectivity index is 2.24. The summed E-state index contributed by atoms with van der Waals surface area (Å²) in [5.41, 5.74) is -0.0539. The van der Waals surface area contributed by atoms with Crippen LogP contribution in [0.1, 0.15) is 22.8 Å². The Morgan fingerprint density at radius 1 is 1.10 bits per heavy atom. The second kappa shape index (κ2) is 9.06. The number of benzene rings is 2. The molecule has 0 unspecified atom stereocenters. The van der Waals surface area contributed by atoms with Crippen molar-refractivity contribution in [3.63, 3.8) is 0 Å². The molecule has 0 bridgehead atoms. The standard InChI is InChI=1S/C21H18ClN3O4S/c1-13(26)11-23-18(27)17-19(28)24(12-14-5-3-2-4-6-14)21(30)25(20(17)29)16-9-7-15(22)8-10-16/h2-10,29H,11-12H2,1H3,(H,23,27). The summed E-state index contributed by atoms with van der Waals surface area (Å²) in [6.45, 7) is 1.13. The average Bonchev–Trinajstić information content (AvgIpc) is 2.72. The van der Waals surface area contributed by atoms with Gasteiger partial charge >= 0.3 is 0 Å². The van der Waals surface area contributed by atoms with Crippen LogP contribution in [0.5, 0.6) is 5.88 Å². The van der Waals surface area contributed by atoms with E-state index in [1.54, 1.807) is 24.3 Å². The Kier molecular flexibility index (Phi) is 6.49. The molecule has 2 aromatic carbocycles. The number of aromatic hydroxyl groups is 1. The van der Waals surface area contributed by atoms with Crippen molar-refractivity contribution in [1.82, 2.24) is 14.5 Å². The third-order valence-electron chi connectivity index (χ3n) is 4.31. The Bertz CT molecular complexity index is 1220. The molecule has 0 spiro atoms. The fourth-order valence-electron chi connectivity index (χ4n) is 2.86. The van der Waals surface area contributed by atoms with E-state index < -0.39 is 22.9 Å². The Labute approximate surface area is 182 Å². The Morgan fingerprint density at radius 2 is 1.73 bits per heavy atom. The molecule has 30 heavy (non-hydrogen) atoms. The highest BCUT2D eigenvalue weighted by atomic mass is 35.5. The number of ketones is 1. The maximum absolute atomic E-state index is 13.1. The van der Waals surface area contributed by atoms with Crippen molar-refractivity contribution in [2.24, 2.45) is 0 Å². The van der Waals surface area contributed by atoms with Gasteiger partial charge in [-0.15, -0.1) is 0 Å². The quantitative estimate of drug-likeness (QED) is 0.571. The van der Waals surface area contributed by atoms with E-state index in [2.05, 4.69) is 5.32 Å². The van der Waals surface area contributed by atoms with Gasteiger partial charge in [0.25, 0.3) is 11.5 Å². The van der Waals surface area contributed by atoms with Gasteiger partial charge in [-0.05, 0) is 49.0 Å². The van der Waals surface area contributed by atoms with Crippen molar-refractivity contribution in [2.75, 3.05) is 6.54 Å². The van der Waals surface area contributed by atoms with Gasteiger partial charge in [0.2, 0.25) is 5.88 Å². The molecule has 0 aliphatic rings. The number of nitrogens with zero attached hydrogens (tertiary/aromatic N) is 2. The van der Waals surface area contributed by atoms with Crippen molar-refractivity contribution >= 4 is 35.5 Å². The fourth-order valence-corrected chi connectivity index (χ4v) is 3.33. The Morgan fingerprint density at radius 3 is 2.33 bits per heavy atom. The van der Waals surface area contributed by atoms with E-state index in [1.165, 1.54) is 16.1 Å². The first-order valence-electron chi connectivity index (χ1n) is 8.96. The van der Waals surface area contributed by atoms with Crippen LogP contribution in [0, 0.1) is 4.77 Å². The molecule has 1 amide bonds. The first-order chi connectivity index (χ1) is 14.3. The van der Waals surface area contributed by atoms with E-state index in [4.69, 9.17) is 23.8 Å². The molecule has 9 heteroatoms. The van der Waals surface area contributed by atoms with Crippen molar-refractivity contribution in [3.05, 3.63) is 85.9 Å². The van der Waals surface area contributed by atoms with Gasteiger partial charge in [0, 0.05) is 5.02 Å². The molecule has 0 radical (unpaired) electrons. The number of halogens is 1. The first kappa shape index (κ1) is 21.5. The second-order valence-corrected chi connectivity index (χ2v) is 7.36. The molecule has 3 rings (SSSR count). The maximum Gasteiger partial charge on any atom is 0.271 e. The molecule has 1 heterocycles. The summed E-state index contributed by atoms with van der Waals surface area (Å²) in [5.74, 6) is -1.78. The average molecular weight is 444 g/mol. The largest absolute Gasteiger partial charge is 0.493 e. The van der Waals surface area contributed by atoms with E-state index in [0.29, 0.717) is 10.7 Å². The summed E-state index contributed by atoms with van der Waals surface area (Å²) in [4.78, 5) is 37.0. The number of carbonyl (C=O) groups is 2. The summed E-state index contributed by atoms with van der Waals surface area (Å²) in [6.07, 6.45) is 0. The summed E-state index contributed by atoms with van der Waals surface area (Å²) in [7, 11) is 0. The number of nitrogens with one attached hydrogen (secondary N) is 1. The molecule has 1 aromatic heterocycles. The van der Waals surface area contributed by atoms with Crippen LogP contribution in [-0.4, -0.2) is 32.5 Å². The van der Waals surface area contributed by atoms with Crippen LogP contribution < -0.4 is 10.9 Å². The Hall–Kier alpha value is -3.23. The molecule has 0 aliphatic carbocycles. The lowest BCUT2D eigenvalue weighted by Crippen LogP contribution is -2.37. The van der Waals surface area contributed by atoms with Gasteiger partial charge in [0.1, 0.15) is 5.78 Å². The van der Waals surface area contributed by atoms with Gasteiger partial charge in [0.15, 0.2) is 10.3 Å². The monoisotopic (exact) mass is 443 g/mol. The topological polar surface area (TPSA) is 93.3 Å². The molecule has 0 fully saturated rings. The number of aromatic nitrogens is 2. The predicted octanol–water partition coefficient (Wildman–Crippen LogP) is 3.09. The number of Topliss-reactive ketones (excluding diaryl/α,β-unsaturated/α-hetero) is 1. The first-order valence-corrected chi connectivity index (χ1v) is 9.74. The number of carbonyl (C=O) groups excluding carboxylic acids is 2. The molecular weight excluding hydrogens is 426 g/mol. The van der Waals surface area contributed by atoms with Crippen molar-refractivity contribution in [1.29, 1.82) is 0 Å². The summed E-state index contributed by atoms with van der Waals surface area (Å²) < 4.78 is 2.45. The smallest absolute Gasteiger partial charge is 0.271 e. The van der Waals surface area contributed by atoms with E-state index in [-0.39, 0.29) is 23.6 Å². The fraction of sp³-hybridized carbons (Fsp3) is 0.143. The van der Waals surface area contributed by atoms with E-state index in [9.17, 15) is 19.5 Å². The van der Waals surface area contributed by atoms with E-state index >= 15 is 0 Å². The van der Waals surface area contributed by atoms with Crippen LogP contribution in [0.2, 0.25) is 5.02 Å². The highest BCUT2D eigenvalue weighted by molar-refractivity contribution is 7.71. The lowest BCUT2D eigenvalue weighted by atomic mass is 10.2. The van der Waals surface area contributed by atoms with Gasteiger partial charge in [0.05, 0.1) is 18.8 Å².